The van der Waals surface area contributed by atoms with Gasteiger partial charge in [-0.1, -0.05) is 51.3 Å². The predicted octanol–water partition coefficient (Wildman–Crippen LogP) is 4.45. The Bertz CT molecular complexity index is 555. The SMILES string of the molecule is Cc1cc(C)cc(CC(N)c2c(F)cccc2Br)c1. The Morgan fingerprint density at radius 1 is 1.16 bits per heavy atom. The molecule has 0 heterocycles. The van der Waals surface area contributed by atoms with E-state index in [4.69, 9.17) is 5.73 Å². The molecule has 2 rings (SSSR count). The number of aryl methyl sites for hydroxylation is 2. The monoisotopic (exact) mass is 321 g/mol. The molecule has 0 fully saturated rings. The van der Waals surface area contributed by atoms with E-state index >= 15 is 0 Å². The molecule has 1 unspecified atom stereocenters. The van der Waals surface area contributed by atoms with Crippen LogP contribution >= 0.6 is 15.9 Å². The number of nitrogens with two attached hydrogens (primary N) is 1. The Morgan fingerprint density at radius 3 is 2.37 bits per heavy atom. The summed E-state index contributed by atoms with van der Waals surface area (Å²) in [6.07, 6.45) is 0.627. The minimum atomic E-state index is -0.350. The lowest BCUT2D eigenvalue weighted by molar-refractivity contribution is 0.578. The average Bonchev–Trinajstić information content (AvgIpc) is 2.26. The lowest BCUT2D eigenvalue weighted by atomic mass is 9.97. The quantitative estimate of drug-likeness (QED) is 0.888. The van der Waals surface area contributed by atoms with Gasteiger partial charge in [0.05, 0.1) is 0 Å². The molecular weight excluding hydrogens is 305 g/mol. The molecule has 0 spiro atoms. The van der Waals surface area contributed by atoms with E-state index in [0.29, 0.717) is 12.0 Å². The van der Waals surface area contributed by atoms with Crippen molar-refractivity contribution in [3.05, 3.63) is 68.9 Å². The molecule has 0 aromatic heterocycles. The normalized spacial score (nSPS) is 12.5. The molecule has 1 nitrogen and oxygen atoms in total. The zero-order valence-electron chi connectivity index (χ0n) is 11.1. The molecule has 0 amide bonds. The second kappa shape index (κ2) is 5.85. The Hall–Kier alpha value is -1.19. The summed E-state index contributed by atoms with van der Waals surface area (Å²) < 4.78 is 14.6. The van der Waals surface area contributed by atoms with Crippen molar-refractivity contribution in [3.63, 3.8) is 0 Å². The molecule has 0 aliphatic carbocycles. The summed E-state index contributed by atoms with van der Waals surface area (Å²) in [4.78, 5) is 0. The lowest BCUT2D eigenvalue weighted by Crippen LogP contribution is -2.16. The first-order valence-corrected chi connectivity index (χ1v) is 7.03. The van der Waals surface area contributed by atoms with Crippen LogP contribution in [0.1, 0.15) is 28.3 Å². The molecule has 100 valence electrons. The standard InChI is InChI=1S/C16H17BrFN/c1-10-6-11(2)8-12(7-10)9-15(19)16-13(17)4-3-5-14(16)18/h3-8,15H,9,19H2,1-2H3. The van der Waals surface area contributed by atoms with E-state index in [2.05, 4.69) is 48.0 Å². The lowest BCUT2D eigenvalue weighted by Gasteiger charge is -2.15. The number of rotatable bonds is 3. The fourth-order valence-electron chi connectivity index (χ4n) is 2.41. The van der Waals surface area contributed by atoms with Gasteiger partial charge in [-0.2, -0.15) is 0 Å². The van der Waals surface area contributed by atoms with Gasteiger partial charge in [0.1, 0.15) is 5.82 Å². The Balaban J connectivity index is 2.28. The summed E-state index contributed by atoms with van der Waals surface area (Å²) >= 11 is 3.37. The highest BCUT2D eigenvalue weighted by molar-refractivity contribution is 9.10. The first-order valence-electron chi connectivity index (χ1n) is 6.24. The number of hydrogen-bond acceptors (Lipinski definition) is 1. The summed E-state index contributed by atoms with van der Waals surface area (Å²) in [7, 11) is 0. The Morgan fingerprint density at radius 2 is 1.79 bits per heavy atom. The van der Waals surface area contributed by atoms with Gasteiger partial charge in [-0.05, 0) is 38.0 Å². The first kappa shape index (κ1) is 14.2. The van der Waals surface area contributed by atoms with E-state index in [9.17, 15) is 4.39 Å². The maximum Gasteiger partial charge on any atom is 0.129 e. The van der Waals surface area contributed by atoms with E-state index in [1.807, 2.05) is 6.07 Å². The molecule has 2 aromatic rings. The summed E-state index contributed by atoms with van der Waals surface area (Å²) in [5, 5.41) is 0. The molecule has 0 saturated carbocycles. The predicted molar refractivity (Wildman–Crippen MR) is 80.6 cm³/mol. The van der Waals surface area contributed by atoms with Crippen LogP contribution in [0.5, 0.6) is 0 Å². The van der Waals surface area contributed by atoms with Crippen molar-refractivity contribution >= 4 is 15.9 Å². The average molecular weight is 322 g/mol. The van der Waals surface area contributed by atoms with Gasteiger partial charge in [0.2, 0.25) is 0 Å². The minimum Gasteiger partial charge on any atom is -0.324 e. The zero-order valence-corrected chi connectivity index (χ0v) is 12.7. The molecule has 0 aliphatic rings. The van der Waals surface area contributed by atoms with Gasteiger partial charge in [-0.15, -0.1) is 0 Å². The second-order valence-electron chi connectivity index (χ2n) is 4.94. The highest BCUT2D eigenvalue weighted by atomic mass is 79.9. The fourth-order valence-corrected chi connectivity index (χ4v) is 3.04. The highest BCUT2D eigenvalue weighted by Crippen LogP contribution is 2.27. The molecule has 1 atom stereocenters. The van der Waals surface area contributed by atoms with E-state index in [-0.39, 0.29) is 11.9 Å². The number of hydrogen-bond donors (Lipinski definition) is 1. The summed E-state index contributed by atoms with van der Waals surface area (Å²) in [5.41, 5.74) is 10.2. The molecule has 3 heteroatoms. The number of halogens is 2. The van der Waals surface area contributed by atoms with Crippen LogP contribution in [0, 0.1) is 19.7 Å². The molecule has 0 bridgehead atoms. The Labute approximate surface area is 121 Å². The van der Waals surface area contributed by atoms with Crippen molar-refractivity contribution in [2.75, 3.05) is 0 Å². The number of benzene rings is 2. The van der Waals surface area contributed by atoms with Crippen LogP contribution < -0.4 is 5.73 Å². The molecule has 19 heavy (non-hydrogen) atoms. The van der Waals surface area contributed by atoms with Crippen LogP contribution in [0.25, 0.3) is 0 Å². The maximum atomic E-state index is 13.9. The van der Waals surface area contributed by atoms with Crippen LogP contribution in [0.2, 0.25) is 0 Å². The van der Waals surface area contributed by atoms with Crippen molar-refractivity contribution in [1.29, 1.82) is 0 Å². The van der Waals surface area contributed by atoms with Gasteiger partial charge in [-0.25, -0.2) is 4.39 Å². The van der Waals surface area contributed by atoms with Gasteiger partial charge in [0.25, 0.3) is 0 Å². The topological polar surface area (TPSA) is 26.0 Å². The summed E-state index contributed by atoms with van der Waals surface area (Å²) in [5.74, 6) is -0.258. The minimum absolute atomic E-state index is 0.258. The van der Waals surface area contributed by atoms with Crippen LogP contribution in [-0.4, -0.2) is 0 Å². The van der Waals surface area contributed by atoms with Gasteiger partial charge in [0.15, 0.2) is 0 Å². The van der Waals surface area contributed by atoms with Gasteiger partial charge >= 0.3 is 0 Å². The molecule has 0 saturated heterocycles. The molecule has 0 radical (unpaired) electrons. The second-order valence-corrected chi connectivity index (χ2v) is 5.80. The summed E-state index contributed by atoms with van der Waals surface area (Å²) in [6, 6.07) is 10.9. The highest BCUT2D eigenvalue weighted by Gasteiger charge is 2.15. The van der Waals surface area contributed by atoms with Gasteiger partial charge in [-0.3, -0.25) is 0 Å². The van der Waals surface area contributed by atoms with Crippen molar-refractivity contribution in [3.8, 4) is 0 Å². The molecule has 0 aliphatic heterocycles. The van der Waals surface area contributed by atoms with E-state index in [1.165, 1.54) is 17.2 Å². The molecule has 2 N–H and O–H groups in total. The van der Waals surface area contributed by atoms with E-state index < -0.39 is 0 Å². The van der Waals surface area contributed by atoms with Crippen molar-refractivity contribution in [2.45, 2.75) is 26.3 Å². The van der Waals surface area contributed by atoms with Crippen LogP contribution in [-0.2, 0) is 6.42 Å². The maximum absolute atomic E-state index is 13.9. The summed E-state index contributed by atoms with van der Waals surface area (Å²) in [6.45, 7) is 4.11. The smallest absolute Gasteiger partial charge is 0.129 e. The van der Waals surface area contributed by atoms with E-state index in [0.717, 1.165) is 10.0 Å². The van der Waals surface area contributed by atoms with Crippen LogP contribution in [0.3, 0.4) is 0 Å². The third-order valence-electron chi connectivity index (χ3n) is 3.11. The van der Waals surface area contributed by atoms with Crippen LogP contribution in [0.4, 0.5) is 4.39 Å². The fraction of sp³-hybridized carbons (Fsp3) is 0.250. The largest absolute Gasteiger partial charge is 0.324 e. The Kier molecular flexibility index (Phi) is 4.38. The zero-order chi connectivity index (χ0) is 14.0. The van der Waals surface area contributed by atoms with Crippen molar-refractivity contribution < 1.29 is 4.39 Å². The van der Waals surface area contributed by atoms with Crippen LogP contribution in [0.15, 0.2) is 40.9 Å². The molecular formula is C16H17BrFN. The van der Waals surface area contributed by atoms with Crippen molar-refractivity contribution in [1.82, 2.24) is 0 Å². The van der Waals surface area contributed by atoms with Gasteiger partial charge in [0, 0.05) is 16.1 Å². The van der Waals surface area contributed by atoms with E-state index in [1.54, 1.807) is 6.07 Å². The third kappa shape index (κ3) is 3.43. The first-order chi connectivity index (χ1) is 8.97. The van der Waals surface area contributed by atoms with Crippen molar-refractivity contribution in [2.24, 2.45) is 5.73 Å². The third-order valence-corrected chi connectivity index (χ3v) is 3.80. The van der Waals surface area contributed by atoms with Gasteiger partial charge < -0.3 is 5.73 Å². The molecule has 2 aromatic carbocycles.